The van der Waals surface area contributed by atoms with Gasteiger partial charge in [-0.3, -0.25) is 10.1 Å². The van der Waals surface area contributed by atoms with E-state index in [9.17, 15) is 14.7 Å². The molecular formula is C21H26N2O4S2. The van der Waals surface area contributed by atoms with Crippen LogP contribution in [0.2, 0.25) is 0 Å². The summed E-state index contributed by atoms with van der Waals surface area (Å²) in [4.78, 5) is 25.5. The molecule has 6 nitrogen and oxygen atoms in total. The summed E-state index contributed by atoms with van der Waals surface area (Å²) in [5.41, 5.74) is 5.04. The molecule has 0 bridgehead atoms. The Bertz CT molecular complexity index is 963. The van der Waals surface area contributed by atoms with E-state index in [0.717, 1.165) is 58.8 Å². The van der Waals surface area contributed by atoms with Crippen LogP contribution in [0.25, 0.3) is 5.00 Å². The molecule has 0 aromatic carbocycles. The zero-order valence-corrected chi connectivity index (χ0v) is 18.5. The molecule has 0 spiro atoms. The smallest absolute Gasteiger partial charge is 0.341 e. The molecule has 1 aliphatic heterocycles. The molecule has 4 rings (SSSR count). The number of ether oxygens (including phenoxy) is 1. The van der Waals surface area contributed by atoms with E-state index < -0.39 is 11.2 Å². The zero-order chi connectivity index (χ0) is 20.7. The number of hydrogen-bond donors (Lipinski definition) is 2. The van der Waals surface area contributed by atoms with E-state index in [1.807, 2.05) is 20.8 Å². The largest absolute Gasteiger partial charge is 0.480 e. The van der Waals surface area contributed by atoms with Crippen LogP contribution in [-0.4, -0.2) is 40.0 Å². The van der Waals surface area contributed by atoms with E-state index in [2.05, 4.69) is 16.0 Å². The number of esters is 1. The van der Waals surface area contributed by atoms with Crippen molar-refractivity contribution < 1.29 is 19.4 Å². The average Bonchev–Trinajstić information content (AvgIpc) is 3.37. The van der Waals surface area contributed by atoms with Gasteiger partial charge in [0.05, 0.1) is 17.5 Å². The van der Waals surface area contributed by atoms with E-state index in [4.69, 9.17) is 4.74 Å². The van der Waals surface area contributed by atoms with Gasteiger partial charge >= 0.3 is 11.9 Å². The van der Waals surface area contributed by atoms with Crippen molar-refractivity contribution in [2.75, 3.05) is 13.2 Å². The second-order valence-corrected chi connectivity index (χ2v) is 9.92. The van der Waals surface area contributed by atoms with Gasteiger partial charge in [-0.05, 0) is 58.1 Å². The molecule has 2 atom stereocenters. The van der Waals surface area contributed by atoms with Crippen LogP contribution < -0.4 is 5.32 Å². The number of carbonyl (C=O) groups excluding carboxylic acids is 1. The molecule has 2 N–H and O–H groups in total. The highest BCUT2D eigenvalue weighted by Crippen LogP contribution is 2.42. The fourth-order valence-electron chi connectivity index (χ4n) is 4.29. The lowest BCUT2D eigenvalue weighted by atomic mass is 9.95. The fraction of sp³-hybridized carbons (Fsp3) is 0.524. The number of aliphatic carboxylic acids is 1. The number of thiophene rings is 1. The van der Waals surface area contributed by atoms with Crippen LogP contribution >= 0.6 is 23.1 Å². The normalized spacial score (nSPS) is 21.2. The SMILES string of the molecule is CCOC(=O)c1c(-n2c(C)cc([C@H]3NC[C@@H](C(=O)O)S3)c2C)sc2c1CCCC2. The van der Waals surface area contributed by atoms with Gasteiger partial charge in [0.2, 0.25) is 0 Å². The number of nitrogens with zero attached hydrogens (tertiary/aromatic N) is 1. The molecule has 0 amide bonds. The quantitative estimate of drug-likeness (QED) is 0.693. The van der Waals surface area contributed by atoms with Crippen LogP contribution in [0.15, 0.2) is 6.07 Å². The number of carbonyl (C=O) groups is 2. The van der Waals surface area contributed by atoms with Crippen molar-refractivity contribution in [2.45, 2.75) is 57.1 Å². The summed E-state index contributed by atoms with van der Waals surface area (Å²) < 4.78 is 7.57. The highest BCUT2D eigenvalue weighted by molar-refractivity contribution is 8.01. The number of aryl methyl sites for hydroxylation is 2. The summed E-state index contributed by atoms with van der Waals surface area (Å²) in [5.74, 6) is -1.02. The van der Waals surface area contributed by atoms with Crippen LogP contribution in [0.5, 0.6) is 0 Å². The second kappa shape index (κ2) is 8.16. The Morgan fingerprint density at radius 1 is 1.31 bits per heavy atom. The molecule has 0 saturated carbocycles. The van der Waals surface area contributed by atoms with Crippen LogP contribution in [-0.2, 0) is 22.4 Å². The van der Waals surface area contributed by atoms with Gasteiger partial charge in [-0.1, -0.05) is 0 Å². The molecule has 29 heavy (non-hydrogen) atoms. The summed E-state index contributed by atoms with van der Waals surface area (Å²) in [6.45, 7) is 6.74. The Morgan fingerprint density at radius 2 is 2.07 bits per heavy atom. The third-order valence-corrected chi connectivity index (χ3v) is 8.32. The predicted molar refractivity (Wildman–Crippen MR) is 115 cm³/mol. The van der Waals surface area contributed by atoms with Crippen molar-refractivity contribution >= 4 is 35.0 Å². The van der Waals surface area contributed by atoms with Crippen LogP contribution in [0.4, 0.5) is 0 Å². The summed E-state index contributed by atoms with van der Waals surface area (Å²) in [6.07, 6.45) is 4.19. The molecule has 3 heterocycles. The highest BCUT2D eigenvalue weighted by Gasteiger charge is 2.34. The lowest BCUT2D eigenvalue weighted by molar-refractivity contribution is -0.136. The first-order chi connectivity index (χ1) is 13.9. The third-order valence-electron chi connectivity index (χ3n) is 5.65. The van der Waals surface area contributed by atoms with Gasteiger partial charge in [0.15, 0.2) is 0 Å². The number of nitrogens with one attached hydrogen (secondary N) is 1. The number of carboxylic acids is 1. The van der Waals surface area contributed by atoms with Gasteiger partial charge in [-0.25, -0.2) is 4.79 Å². The summed E-state index contributed by atoms with van der Waals surface area (Å²) in [7, 11) is 0. The fourth-order valence-corrected chi connectivity index (χ4v) is 6.99. The van der Waals surface area contributed by atoms with Gasteiger partial charge in [0, 0.05) is 28.4 Å². The van der Waals surface area contributed by atoms with E-state index >= 15 is 0 Å². The molecule has 1 aliphatic carbocycles. The molecule has 8 heteroatoms. The minimum Gasteiger partial charge on any atom is -0.480 e. The van der Waals surface area contributed by atoms with E-state index in [-0.39, 0.29) is 11.3 Å². The summed E-state index contributed by atoms with van der Waals surface area (Å²) in [6, 6.07) is 2.11. The molecule has 0 unspecified atom stereocenters. The maximum Gasteiger partial charge on any atom is 0.341 e. The summed E-state index contributed by atoms with van der Waals surface area (Å²) in [5, 5.41) is 13.1. The zero-order valence-electron chi connectivity index (χ0n) is 16.9. The monoisotopic (exact) mass is 434 g/mol. The topological polar surface area (TPSA) is 80.6 Å². The predicted octanol–water partition coefficient (Wildman–Crippen LogP) is 4.00. The lowest BCUT2D eigenvalue weighted by Gasteiger charge is -2.14. The van der Waals surface area contributed by atoms with Gasteiger partial charge in [-0.2, -0.15) is 0 Å². The molecule has 2 aliphatic rings. The first-order valence-corrected chi connectivity index (χ1v) is 11.8. The standard InChI is InChI=1S/C21H26N2O4S2/c1-4-27-21(26)17-13-7-5-6-8-15(13)29-19(17)23-11(2)9-14(12(23)3)18-22-10-16(28-18)20(24)25/h9,16,18,22H,4-8,10H2,1-3H3,(H,24,25)/t16-,18-/m0/s1. The number of rotatable bonds is 5. The van der Waals surface area contributed by atoms with Crippen molar-refractivity contribution in [3.05, 3.63) is 39.0 Å². The molecule has 2 aromatic rings. The molecule has 0 radical (unpaired) electrons. The Hall–Kier alpha value is -1.77. The van der Waals surface area contributed by atoms with Gasteiger partial charge in [0.1, 0.15) is 10.3 Å². The first-order valence-electron chi connectivity index (χ1n) is 10.0. The van der Waals surface area contributed by atoms with Crippen LogP contribution in [0, 0.1) is 13.8 Å². The Balaban J connectivity index is 1.78. The minimum absolute atomic E-state index is 0.0586. The maximum atomic E-state index is 12.9. The maximum absolute atomic E-state index is 12.9. The van der Waals surface area contributed by atoms with E-state index in [1.165, 1.54) is 16.6 Å². The average molecular weight is 435 g/mol. The molecule has 2 aromatic heterocycles. The lowest BCUT2D eigenvalue weighted by Crippen LogP contribution is -2.21. The van der Waals surface area contributed by atoms with E-state index in [1.54, 1.807) is 11.3 Å². The first kappa shape index (κ1) is 20.5. The number of aromatic nitrogens is 1. The van der Waals surface area contributed by atoms with Crippen molar-refractivity contribution in [3.63, 3.8) is 0 Å². The molecule has 156 valence electrons. The van der Waals surface area contributed by atoms with Gasteiger partial charge < -0.3 is 14.4 Å². The molecule has 1 fully saturated rings. The molecular weight excluding hydrogens is 408 g/mol. The Kier molecular flexibility index (Phi) is 5.77. The van der Waals surface area contributed by atoms with Gasteiger partial charge in [0.25, 0.3) is 0 Å². The highest BCUT2D eigenvalue weighted by atomic mass is 32.2. The Morgan fingerprint density at radius 3 is 2.76 bits per heavy atom. The Labute approximate surface area is 178 Å². The van der Waals surface area contributed by atoms with Crippen molar-refractivity contribution in [1.82, 2.24) is 9.88 Å². The van der Waals surface area contributed by atoms with Crippen molar-refractivity contribution in [1.29, 1.82) is 0 Å². The number of carboxylic acid groups (broad SMARTS) is 1. The van der Waals surface area contributed by atoms with E-state index in [0.29, 0.717) is 13.2 Å². The number of hydrogen-bond acceptors (Lipinski definition) is 6. The number of fused-ring (bicyclic) bond motifs is 1. The third kappa shape index (κ3) is 3.62. The minimum atomic E-state index is -0.783. The van der Waals surface area contributed by atoms with Crippen molar-refractivity contribution in [3.8, 4) is 5.00 Å². The van der Waals surface area contributed by atoms with Crippen molar-refractivity contribution in [2.24, 2.45) is 0 Å². The van der Waals surface area contributed by atoms with Gasteiger partial charge in [-0.15, -0.1) is 23.1 Å². The van der Waals surface area contributed by atoms with Crippen LogP contribution in [0.1, 0.15) is 62.9 Å². The number of thioether (sulfide) groups is 1. The molecule has 1 saturated heterocycles. The second-order valence-electron chi connectivity index (χ2n) is 7.52. The van der Waals surface area contributed by atoms with Crippen LogP contribution in [0.3, 0.4) is 0 Å². The summed E-state index contributed by atoms with van der Waals surface area (Å²) >= 11 is 3.14.